The first-order chi connectivity index (χ1) is 13.3. The number of ether oxygens (including phenoxy) is 1. The number of nitrogens with two attached hydrogens (primary N) is 1. The van der Waals surface area contributed by atoms with Gasteiger partial charge in [-0.1, -0.05) is 0 Å². The second-order valence-corrected chi connectivity index (χ2v) is 9.05. The molecule has 158 valence electrons. The van der Waals surface area contributed by atoms with E-state index in [9.17, 15) is 4.57 Å². The van der Waals surface area contributed by atoms with Gasteiger partial charge in [0.15, 0.2) is 11.5 Å². The predicted molar refractivity (Wildman–Crippen MR) is 110 cm³/mol. The summed E-state index contributed by atoms with van der Waals surface area (Å²) in [4.78, 5) is 12.4. The van der Waals surface area contributed by atoms with Crippen LogP contribution in [0.3, 0.4) is 0 Å². The van der Waals surface area contributed by atoms with Crippen LogP contribution in [-0.2, 0) is 22.9 Å². The molecule has 0 saturated carbocycles. The molecule has 28 heavy (non-hydrogen) atoms. The number of aromatic nitrogens is 4. The molecule has 0 aliphatic heterocycles. The minimum Gasteiger partial charge on any atom is -0.382 e. The molecule has 0 radical (unpaired) electrons. The molecule has 12 heteroatoms. The Morgan fingerprint density at radius 3 is 2.46 bits per heavy atom. The average molecular weight is 433 g/mol. The Balaban J connectivity index is 2.02. The van der Waals surface area contributed by atoms with Gasteiger partial charge >= 0.3 is 7.60 Å². The summed E-state index contributed by atoms with van der Waals surface area (Å²) in [5.74, 6) is 0.345. The van der Waals surface area contributed by atoms with Gasteiger partial charge in [-0.2, -0.15) is 0 Å². The van der Waals surface area contributed by atoms with Crippen molar-refractivity contribution >= 4 is 34.0 Å². The first-order valence-electron chi connectivity index (χ1n) is 9.04. The van der Waals surface area contributed by atoms with Crippen LogP contribution in [-0.4, -0.2) is 51.3 Å². The lowest BCUT2D eigenvalue weighted by Gasteiger charge is -2.23. The fraction of sp³-hybridized carbons (Fsp3) is 0.688. The van der Waals surface area contributed by atoms with E-state index >= 15 is 0 Å². The lowest BCUT2D eigenvalue weighted by molar-refractivity contribution is 0.0915. The molecule has 2 N–H and O–H groups in total. The molecule has 2 rings (SSSR count). The minimum absolute atomic E-state index is 0.117. The Morgan fingerprint density at radius 1 is 1.18 bits per heavy atom. The molecule has 2 aromatic rings. The van der Waals surface area contributed by atoms with Crippen molar-refractivity contribution in [2.24, 2.45) is 0 Å². The Kier molecular flexibility index (Phi) is 8.74. The van der Waals surface area contributed by atoms with Gasteiger partial charge in [0.25, 0.3) is 0 Å². The molecule has 10 nitrogen and oxygen atoms in total. The standard InChI is InChI=1S/C16H29N5O5P2/c1-11(2)25-28(22,26-12(3)4)10-23-6-5-13(7-24-27)21-9-20-16-14(21)15(17)18-8-19-16/h8-9,11-13H,5-7,10,27H2,1-4H3,(H2,17,18,19). The molecule has 0 aliphatic carbocycles. The fourth-order valence-electron chi connectivity index (χ4n) is 2.71. The van der Waals surface area contributed by atoms with Crippen LogP contribution in [0.15, 0.2) is 12.7 Å². The number of hydrogen-bond donors (Lipinski definition) is 1. The van der Waals surface area contributed by atoms with E-state index in [1.54, 1.807) is 34.0 Å². The summed E-state index contributed by atoms with van der Waals surface area (Å²) in [6, 6.07) is -0.118. The zero-order chi connectivity index (χ0) is 20.7. The molecule has 0 bridgehead atoms. The zero-order valence-corrected chi connectivity index (χ0v) is 18.7. The van der Waals surface area contributed by atoms with E-state index in [-0.39, 0.29) is 24.6 Å². The second-order valence-electron chi connectivity index (χ2n) is 6.82. The predicted octanol–water partition coefficient (Wildman–Crippen LogP) is 3.16. The van der Waals surface area contributed by atoms with E-state index in [2.05, 4.69) is 24.4 Å². The summed E-state index contributed by atoms with van der Waals surface area (Å²) in [6.45, 7) is 7.92. The molecule has 0 aliphatic rings. The van der Waals surface area contributed by atoms with Gasteiger partial charge in [-0.3, -0.25) is 4.57 Å². The summed E-state index contributed by atoms with van der Waals surface area (Å²) in [5.41, 5.74) is 7.14. The zero-order valence-electron chi connectivity index (χ0n) is 16.6. The number of nitrogen functional groups attached to an aromatic ring is 1. The third-order valence-electron chi connectivity index (χ3n) is 3.66. The minimum atomic E-state index is -3.33. The van der Waals surface area contributed by atoms with E-state index in [0.717, 1.165) is 0 Å². The van der Waals surface area contributed by atoms with Gasteiger partial charge < -0.3 is 28.6 Å². The quantitative estimate of drug-likeness (QED) is 0.397. The number of hydrogen-bond acceptors (Lipinski definition) is 9. The average Bonchev–Trinajstić information content (AvgIpc) is 3.01. The van der Waals surface area contributed by atoms with Gasteiger partial charge in [-0.15, -0.1) is 0 Å². The molecule has 2 unspecified atom stereocenters. The van der Waals surface area contributed by atoms with Crippen LogP contribution >= 0.6 is 17.1 Å². The van der Waals surface area contributed by atoms with E-state index in [4.69, 9.17) is 24.0 Å². The van der Waals surface area contributed by atoms with Gasteiger partial charge in [0.1, 0.15) is 18.2 Å². The monoisotopic (exact) mass is 433 g/mol. The molecule has 0 spiro atoms. The van der Waals surface area contributed by atoms with Gasteiger partial charge in [-0.25, -0.2) is 15.0 Å². The molecule has 2 heterocycles. The fourth-order valence-corrected chi connectivity index (χ4v) is 4.74. The maximum absolute atomic E-state index is 12.8. The Morgan fingerprint density at radius 2 is 1.86 bits per heavy atom. The van der Waals surface area contributed by atoms with Crippen LogP contribution in [0.25, 0.3) is 11.2 Å². The van der Waals surface area contributed by atoms with Crippen molar-refractivity contribution in [3.05, 3.63) is 12.7 Å². The maximum atomic E-state index is 12.8. The molecule has 0 amide bonds. The number of nitrogens with zero attached hydrogens (tertiary/aromatic N) is 4. The number of imidazole rings is 1. The van der Waals surface area contributed by atoms with Crippen molar-refractivity contribution in [2.45, 2.75) is 52.4 Å². The normalized spacial score (nSPS) is 13.7. The van der Waals surface area contributed by atoms with Crippen LogP contribution < -0.4 is 5.73 Å². The Labute approximate surface area is 167 Å². The van der Waals surface area contributed by atoms with Crippen LogP contribution in [0.2, 0.25) is 0 Å². The molecule has 0 fully saturated rings. The van der Waals surface area contributed by atoms with Crippen molar-refractivity contribution in [3.63, 3.8) is 0 Å². The highest BCUT2D eigenvalue weighted by atomic mass is 31.2. The number of anilines is 1. The van der Waals surface area contributed by atoms with Gasteiger partial charge in [0, 0.05) is 16.1 Å². The highest BCUT2D eigenvalue weighted by molar-refractivity contribution is 7.53. The largest absolute Gasteiger partial charge is 0.382 e. The molecular weight excluding hydrogens is 404 g/mol. The third-order valence-corrected chi connectivity index (χ3v) is 5.84. The Hall–Kier alpha value is -1.15. The van der Waals surface area contributed by atoms with Gasteiger partial charge in [0.05, 0.1) is 31.2 Å². The summed E-state index contributed by atoms with van der Waals surface area (Å²) >= 11 is 0. The van der Waals surface area contributed by atoms with Crippen LogP contribution in [0, 0.1) is 0 Å². The summed E-state index contributed by atoms with van der Waals surface area (Å²) in [6.07, 6.45) is 3.02. The molecule has 2 aromatic heterocycles. The third kappa shape index (κ3) is 6.44. The maximum Gasteiger partial charge on any atom is 0.356 e. The van der Waals surface area contributed by atoms with Crippen molar-refractivity contribution in [1.82, 2.24) is 19.5 Å². The second kappa shape index (κ2) is 10.6. The van der Waals surface area contributed by atoms with Crippen molar-refractivity contribution < 1.29 is 22.9 Å². The van der Waals surface area contributed by atoms with Gasteiger partial charge in [0.2, 0.25) is 0 Å². The van der Waals surface area contributed by atoms with Crippen molar-refractivity contribution in [3.8, 4) is 0 Å². The highest BCUT2D eigenvalue weighted by Crippen LogP contribution is 2.50. The lowest BCUT2D eigenvalue weighted by Crippen LogP contribution is -2.17. The summed E-state index contributed by atoms with van der Waals surface area (Å²) < 4.78 is 36.5. The molecular formula is C16H29N5O5P2. The van der Waals surface area contributed by atoms with Crippen LogP contribution in [0.5, 0.6) is 0 Å². The molecule has 0 saturated heterocycles. The SMILES string of the molecule is CC(C)OP(=O)(COCCC(COP)n1cnc2ncnc(N)c21)OC(C)C. The Bertz CT molecular complexity index is 787. The first-order valence-corrected chi connectivity index (χ1v) is 11.2. The van der Waals surface area contributed by atoms with Gasteiger partial charge in [-0.05, 0) is 34.1 Å². The number of rotatable bonds is 12. The summed E-state index contributed by atoms with van der Waals surface area (Å²) in [5, 5.41) is 0. The van der Waals surface area contributed by atoms with Crippen LogP contribution in [0.4, 0.5) is 5.82 Å². The summed E-state index contributed by atoms with van der Waals surface area (Å²) in [7, 11) is -1.10. The van der Waals surface area contributed by atoms with E-state index in [0.29, 0.717) is 36.6 Å². The van der Waals surface area contributed by atoms with E-state index in [1.807, 2.05) is 4.57 Å². The number of fused-ring (bicyclic) bond motifs is 1. The van der Waals surface area contributed by atoms with Crippen molar-refractivity contribution in [1.29, 1.82) is 0 Å². The molecule has 0 aromatic carbocycles. The smallest absolute Gasteiger partial charge is 0.356 e. The topological polar surface area (TPSA) is 124 Å². The van der Waals surface area contributed by atoms with E-state index < -0.39 is 7.60 Å². The lowest BCUT2D eigenvalue weighted by atomic mass is 10.2. The van der Waals surface area contributed by atoms with Crippen molar-refractivity contribution in [2.75, 3.05) is 25.3 Å². The molecule has 2 atom stereocenters. The van der Waals surface area contributed by atoms with E-state index in [1.165, 1.54) is 6.33 Å². The van der Waals surface area contributed by atoms with Crippen LogP contribution in [0.1, 0.15) is 40.2 Å². The highest BCUT2D eigenvalue weighted by Gasteiger charge is 2.28. The first kappa shape index (κ1) is 23.1.